The molecule has 0 spiro atoms. The monoisotopic (exact) mass is 343 g/mol. The van der Waals surface area contributed by atoms with Gasteiger partial charge in [0.15, 0.2) is 5.69 Å². The summed E-state index contributed by atoms with van der Waals surface area (Å²) in [4.78, 5) is 18.9. The van der Waals surface area contributed by atoms with Gasteiger partial charge in [-0.1, -0.05) is 5.21 Å². The number of rotatable bonds is 6. The highest BCUT2D eigenvalue weighted by Gasteiger charge is 2.19. The van der Waals surface area contributed by atoms with Crippen LogP contribution in [0.4, 0.5) is 11.5 Å². The number of piperidine rings is 1. The summed E-state index contributed by atoms with van der Waals surface area (Å²) in [5, 5.41) is 14.3. The number of hydrogen-bond donors (Lipinski definition) is 2. The Labute approximate surface area is 147 Å². The van der Waals surface area contributed by atoms with E-state index in [2.05, 4.69) is 44.7 Å². The molecular weight excluding hydrogens is 318 g/mol. The number of anilines is 2. The van der Waals surface area contributed by atoms with Crippen molar-refractivity contribution in [1.29, 1.82) is 0 Å². The Hall–Kier alpha value is -2.48. The topological polar surface area (TPSA) is 88.0 Å². The molecule has 2 aromatic heterocycles. The molecular formula is C17H25N7O. The van der Waals surface area contributed by atoms with E-state index in [9.17, 15) is 4.79 Å². The molecule has 1 fully saturated rings. The highest BCUT2D eigenvalue weighted by Crippen LogP contribution is 2.18. The van der Waals surface area contributed by atoms with E-state index in [-0.39, 0.29) is 5.91 Å². The number of aromatic nitrogens is 4. The van der Waals surface area contributed by atoms with Gasteiger partial charge >= 0.3 is 0 Å². The zero-order chi connectivity index (χ0) is 17.6. The lowest BCUT2D eigenvalue weighted by molar-refractivity contribution is 0.102. The van der Waals surface area contributed by atoms with E-state index in [4.69, 9.17) is 0 Å². The number of amides is 1. The van der Waals surface area contributed by atoms with E-state index < -0.39 is 0 Å². The maximum absolute atomic E-state index is 12.4. The molecule has 3 heterocycles. The molecule has 0 aromatic carbocycles. The van der Waals surface area contributed by atoms with Gasteiger partial charge in [0.2, 0.25) is 0 Å². The summed E-state index contributed by atoms with van der Waals surface area (Å²) in [7, 11) is 0. The van der Waals surface area contributed by atoms with Crippen molar-refractivity contribution in [3.8, 4) is 0 Å². The number of carbonyl (C=O) groups is 1. The van der Waals surface area contributed by atoms with Crippen LogP contribution in [-0.2, 0) is 0 Å². The summed E-state index contributed by atoms with van der Waals surface area (Å²) >= 11 is 0. The van der Waals surface area contributed by atoms with Crippen LogP contribution in [0.5, 0.6) is 0 Å². The third kappa shape index (κ3) is 4.14. The Kier molecular flexibility index (Phi) is 5.60. The number of pyridine rings is 1. The van der Waals surface area contributed by atoms with Crippen molar-refractivity contribution in [1.82, 2.24) is 25.3 Å². The number of nitrogens with one attached hydrogen (secondary N) is 2. The summed E-state index contributed by atoms with van der Waals surface area (Å²) in [6.45, 7) is 7.91. The molecule has 0 saturated carbocycles. The molecule has 134 valence electrons. The van der Waals surface area contributed by atoms with Gasteiger partial charge in [0, 0.05) is 13.1 Å². The fourth-order valence-corrected chi connectivity index (χ4v) is 3.02. The van der Waals surface area contributed by atoms with Gasteiger partial charge in [0.05, 0.1) is 24.1 Å². The van der Waals surface area contributed by atoms with Crippen molar-refractivity contribution >= 4 is 17.4 Å². The minimum absolute atomic E-state index is 0.266. The second kappa shape index (κ2) is 8.06. The zero-order valence-electron chi connectivity index (χ0n) is 14.8. The lowest BCUT2D eigenvalue weighted by Gasteiger charge is -2.22. The van der Waals surface area contributed by atoms with Crippen molar-refractivity contribution in [2.45, 2.75) is 32.7 Å². The zero-order valence-corrected chi connectivity index (χ0v) is 14.8. The molecule has 1 saturated heterocycles. The molecule has 0 radical (unpaired) electrons. The van der Waals surface area contributed by atoms with E-state index in [0.29, 0.717) is 17.4 Å². The molecule has 1 amide bonds. The third-order valence-electron chi connectivity index (χ3n) is 4.52. The van der Waals surface area contributed by atoms with Crippen LogP contribution in [0, 0.1) is 0 Å². The Bertz CT molecular complexity index is 687. The van der Waals surface area contributed by atoms with Crippen LogP contribution in [0.15, 0.2) is 24.5 Å². The van der Waals surface area contributed by atoms with Crippen LogP contribution in [0.2, 0.25) is 0 Å². The first-order chi connectivity index (χ1) is 12.2. The first-order valence-electron chi connectivity index (χ1n) is 8.86. The molecule has 1 aliphatic rings. The molecule has 2 aromatic rings. The normalized spacial score (nSPS) is 15.1. The van der Waals surface area contributed by atoms with Crippen molar-refractivity contribution < 1.29 is 4.79 Å². The quantitative estimate of drug-likeness (QED) is 0.830. The van der Waals surface area contributed by atoms with Crippen LogP contribution < -0.4 is 15.5 Å². The van der Waals surface area contributed by atoms with E-state index in [0.717, 1.165) is 44.8 Å². The second-order valence-electron chi connectivity index (χ2n) is 6.10. The van der Waals surface area contributed by atoms with Gasteiger partial charge in [-0.25, -0.2) is 9.67 Å². The number of carbonyl (C=O) groups excluding carboxylic acids is 1. The van der Waals surface area contributed by atoms with Crippen molar-refractivity contribution in [3.63, 3.8) is 0 Å². The molecule has 1 aliphatic heterocycles. The van der Waals surface area contributed by atoms with Crippen LogP contribution in [-0.4, -0.2) is 52.1 Å². The fourth-order valence-electron chi connectivity index (χ4n) is 3.02. The summed E-state index contributed by atoms with van der Waals surface area (Å²) in [5.41, 5.74) is 0.976. The largest absolute Gasteiger partial charge is 0.357 e. The predicted molar refractivity (Wildman–Crippen MR) is 96.9 cm³/mol. The Morgan fingerprint density at radius 2 is 2.08 bits per heavy atom. The van der Waals surface area contributed by atoms with Gasteiger partial charge < -0.3 is 15.5 Å². The van der Waals surface area contributed by atoms with Gasteiger partial charge in [0.25, 0.3) is 5.91 Å². The average molecular weight is 343 g/mol. The van der Waals surface area contributed by atoms with Crippen molar-refractivity contribution in [3.05, 3.63) is 30.2 Å². The first kappa shape index (κ1) is 17.3. The fraction of sp³-hybridized carbons (Fsp3) is 0.529. The number of hydrogen-bond acceptors (Lipinski definition) is 6. The minimum Gasteiger partial charge on any atom is -0.357 e. The lowest BCUT2D eigenvalue weighted by Crippen LogP contribution is -2.29. The van der Waals surface area contributed by atoms with Crippen LogP contribution in [0.1, 0.15) is 43.2 Å². The van der Waals surface area contributed by atoms with Crippen molar-refractivity contribution in [2.75, 3.05) is 36.4 Å². The Morgan fingerprint density at radius 3 is 2.72 bits per heavy atom. The summed E-state index contributed by atoms with van der Waals surface area (Å²) in [5.74, 6) is 0.637. The van der Waals surface area contributed by atoms with E-state index in [1.807, 2.05) is 12.1 Å². The van der Waals surface area contributed by atoms with E-state index in [1.54, 1.807) is 17.1 Å². The van der Waals surface area contributed by atoms with Crippen LogP contribution in [0.3, 0.4) is 0 Å². The smallest absolute Gasteiger partial charge is 0.277 e. The molecule has 3 rings (SSSR count). The minimum atomic E-state index is -0.266. The molecule has 25 heavy (non-hydrogen) atoms. The Morgan fingerprint density at radius 1 is 1.32 bits per heavy atom. The summed E-state index contributed by atoms with van der Waals surface area (Å²) in [6, 6.07) is 4.08. The van der Waals surface area contributed by atoms with Crippen molar-refractivity contribution in [2.24, 2.45) is 0 Å². The molecule has 0 bridgehead atoms. The predicted octanol–water partition coefficient (Wildman–Crippen LogP) is 1.70. The average Bonchev–Trinajstić information content (AvgIpc) is 3.15. The number of nitrogens with zero attached hydrogens (tertiary/aromatic N) is 5. The first-order valence-corrected chi connectivity index (χ1v) is 8.86. The highest BCUT2D eigenvalue weighted by atomic mass is 16.2. The molecule has 2 N–H and O–H groups in total. The molecule has 0 unspecified atom stereocenters. The maximum atomic E-state index is 12.4. The molecule has 8 heteroatoms. The molecule has 8 nitrogen and oxygen atoms in total. The van der Waals surface area contributed by atoms with Gasteiger partial charge in [-0.05, 0) is 51.9 Å². The van der Waals surface area contributed by atoms with Gasteiger partial charge in [0.1, 0.15) is 5.82 Å². The highest BCUT2D eigenvalue weighted by molar-refractivity contribution is 6.02. The molecule has 0 atom stereocenters. The standard InChI is InChI=1S/C17H25N7O/c1-3-23(4-2)16-6-5-13(11-19-16)20-17(25)15-12-24(22-21-15)14-7-9-18-10-8-14/h5-6,11-12,14,18H,3-4,7-10H2,1-2H3,(H,20,25). The summed E-state index contributed by atoms with van der Waals surface area (Å²) in [6.07, 6.45) is 5.40. The van der Waals surface area contributed by atoms with E-state index >= 15 is 0 Å². The van der Waals surface area contributed by atoms with Crippen LogP contribution in [0.25, 0.3) is 0 Å². The SMILES string of the molecule is CCN(CC)c1ccc(NC(=O)c2cn(C3CCNCC3)nn2)cn1. The maximum Gasteiger partial charge on any atom is 0.277 e. The van der Waals surface area contributed by atoms with Gasteiger partial charge in [-0.15, -0.1) is 5.10 Å². The lowest BCUT2D eigenvalue weighted by atomic mass is 10.1. The molecule has 0 aliphatic carbocycles. The summed E-state index contributed by atoms with van der Waals surface area (Å²) < 4.78 is 1.80. The van der Waals surface area contributed by atoms with E-state index in [1.165, 1.54) is 0 Å². The van der Waals surface area contributed by atoms with Gasteiger partial charge in [-0.2, -0.15) is 0 Å². The van der Waals surface area contributed by atoms with Gasteiger partial charge in [-0.3, -0.25) is 4.79 Å². The second-order valence-corrected chi connectivity index (χ2v) is 6.10. The van der Waals surface area contributed by atoms with Crippen LogP contribution >= 0.6 is 0 Å². The third-order valence-corrected chi connectivity index (χ3v) is 4.52. The Balaban J connectivity index is 1.63.